The van der Waals surface area contributed by atoms with E-state index >= 15 is 0 Å². The van der Waals surface area contributed by atoms with Gasteiger partial charge in [0.05, 0.1) is 0 Å². The Hall–Kier alpha value is -2.17. The highest BCUT2D eigenvalue weighted by molar-refractivity contribution is 5.94. The van der Waals surface area contributed by atoms with Crippen LogP contribution < -0.4 is 0 Å². The van der Waals surface area contributed by atoms with Crippen LogP contribution in [0.5, 0.6) is 0 Å². The monoisotopic (exact) mass is 277 g/mol. The van der Waals surface area contributed by atoms with Crippen LogP contribution in [-0.2, 0) is 9.59 Å². The molecule has 20 heavy (non-hydrogen) atoms. The molecule has 1 amide bonds. The van der Waals surface area contributed by atoms with Gasteiger partial charge in [0.2, 0.25) is 5.91 Å². The molecular formula is C15H16FNO3. The summed E-state index contributed by atoms with van der Waals surface area (Å²) in [4.78, 5) is 24.6. The van der Waals surface area contributed by atoms with Crippen LogP contribution in [0.25, 0.3) is 6.08 Å². The number of aliphatic carboxylic acids is 1. The molecule has 1 aromatic carbocycles. The van der Waals surface area contributed by atoms with E-state index in [1.165, 1.54) is 29.2 Å². The lowest BCUT2D eigenvalue weighted by Crippen LogP contribution is -2.42. The number of halogens is 1. The molecular weight excluding hydrogens is 261 g/mol. The van der Waals surface area contributed by atoms with Gasteiger partial charge in [-0.15, -0.1) is 0 Å². The zero-order valence-corrected chi connectivity index (χ0v) is 11.1. The number of carboxylic acids is 1. The summed E-state index contributed by atoms with van der Waals surface area (Å²) in [5.41, 5.74) is 0.567. The number of carboxylic acid groups (broad SMARTS) is 1. The second-order valence-electron chi connectivity index (χ2n) is 4.97. The van der Waals surface area contributed by atoms with Gasteiger partial charge in [-0.25, -0.2) is 9.18 Å². The molecule has 1 aliphatic rings. The third-order valence-electron chi connectivity index (χ3n) is 3.50. The lowest BCUT2D eigenvalue weighted by Gasteiger charge is -2.21. The Bertz CT molecular complexity index is 556. The van der Waals surface area contributed by atoms with Crippen molar-refractivity contribution in [3.63, 3.8) is 0 Å². The number of rotatable bonds is 3. The predicted octanol–water partition coefficient (Wildman–Crippen LogP) is 2.16. The van der Waals surface area contributed by atoms with Crippen LogP contribution in [0.3, 0.4) is 0 Å². The highest BCUT2D eigenvalue weighted by Gasteiger charge is 2.38. The number of benzene rings is 1. The first-order chi connectivity index (χ1) is 9.49. The van der Waals surface area contributed by atoms with Gasteiger partial charge in [-0.2, -0.15) is 0 Å². The van der Waals surface area contributed by atoms with Crippen molar-refractivity contribution < 1.29 is 19.1 Å². The van der Waals surface area contributed by atoms with Crippen molar-refractivity contribution in [2.75, 3.05) is 6.54 Å². The van der Waals surface area contributed by atoms with E-state index in [-0.39, 0.29) is 17.6 Å². The molecule has 0 aromatic heterocycles. The topological polar surface area (TPSA) is 57.6 Å². The van der Waals surface area contributed by atoms with Crippen LogP contribution in [0.2, 0.25) is 0 Å². The summed E-state index contributed by atoms with van der Waals surface area (Å²) >= 11 is 0. The van der Waals surface area contributed by atoms with E-state index < -0.39 is 12.0 Å². The molecule has 2 rings (SSSR count). The third-order valence-corrected chi connectivity index (χ3v) is 3.50. The van der Waals surface area contributed by atoms with E-state index in [1.807, 2.05) is 6.92 Å². The van der Waals surface area contributed by atoms with Crippen molar-refractivity contribution in [1.82, 2.24) is 4.90 Å². The Kier molecular flexibility index (Phi) is 4.17. The van der Waals surface area contributed by atoms with Gasteiger partial charge in [-0.05, 0) is 36.1 Å². The van der Waals surface area contributed by atoms with E-state index in [1.54, 1.807) is 12.1 Å². The molecule has 1 aliphatic heterocycles. The van der Waals surface area contributed by atoms with E-state index in [9.17, 15) is 14.0 Å². The molecule has 2 unspecified atom stereocenters. The lowest BCUT2D eigenvalue weighted by atomic mass is 10.0. The van der Waals surface area contributed by atoms with Crippen LogP contribution in [-0.4, -0.2) is 34.5 Å². The quantitative estimate of drug-likeness (QED) is 0.861. The van der Waals surface area contributed by atoms with Crippen LogP contribution in [0, 0.1) is 11.7 Å². The first-order valence-corrected chi connectivity index (χ1v) is 6.46. The van der Waals surface area contributed by atoms with Crippen LogP contribution in [0.4, 0.5) is 4.39 Å². The summed E-state index contributed by atoms with van der Waals surface area (Å²) in [6.45, 7) is 2.26. The number of hydrogen-bond donors (Lipinski definition) is 1. The molecule has 5 heteroatoms. The number of carbonyl (C=O) groups excluding carboxylic acids is 1. The van der Waals surface area contributed by atoms with Crippen LogP contribution >= 0.6 is 0 Å². The van der Waals surface area contributed by atoms with Gasteiger partial charge in [0.25, 0.3) is 0 Å². The lowest BCUT2D eigenvalue weighted by molar-refractivity contribution is -0.147. The second kappa shape index (κ2) is 5.86. The fourth-order valence-corrected chi connectivity index (χ4v) is 2.44. The Labute approximate surface area is 116 Å². The molecule has 0 spiro atoms. The summed E-state index contributed by atoms with van der Waals surface area (Å²) in [6.07, 6.45) is 3.46. The van der Waals surface area contributed by atoms with Gasteiger partial charge in [0, 0.05) is 12.6 Å². The van der Waals surface area contributed by atoms with Gasteiger partial charge < -0.3 is 10.0 Å². The minimum absolute atomic E-state index is 0.0565. The van der Waals surface area contributed by atoms with Gasteiger partial charge >= 0.3 is 5.97 Å². The predicted molar refractivity (Wildman–Crippen MR) is 72.4 cm³/mol. The van der Waals surface area contributed by atoms with Crippen molar-refractivity contribution in [3.05, 3.63) is 41.7 Å². The summed E-state index contributed by atoms with van der Waals surface area (Å²) in [5, 5.41) is 9.16. The number of amides is 1. The van der Waals surface area contributed by atoms with Crippen molar-refractivity contribution in [2.24, 2.45) is 5.92 Å². The fourth-order valence-electron chi connectivity index (χ4n) is 2.44. The number of hydrogen-bond acceptors (Lipinski definition) is 2. The molecule has 0 aliphatic carbocycles. The van der Waals surface area contributed by atoms with Crippen molar-refractivity contribution >= 4 is 18.0 Å². The fraction of sp³-hybridized carbons (Fsp3) is 0.333. The first-order valence-electron chi connectivity index (χ1n) is 6.46. The van der Waals surface area contributed by atoms with Gasteiger partial charge in [-0.3, -0.25) is 4.79 Å². The highest BCUT2D eigenvalue weighted by atomic mass is 19.1. The maximum atomic E-state index is 13.0. The van der Waals surface area contributed by atoms with Gasteiger partial charge in [0.1, 0.15) is 11.9 Å². The molecule has 4 nitrogen and oxygen atoms in total. The number of likely N-dealkylation sites (tertiary alicyclic amines) is 1. The maximum Gasteiger partial charge on any atom is 0.326 e. The molecule has 1 N–H and O–H groups in total. The van der Waals surface area contributed by atoms with E-state index in [4.69, 9.17) is 5.11 Å². The standard InChI is InChI=1S/C15H16FNO3/c1-10-7-8-17(14(10)15(19)20)13(18)6-5-11-3-2-4-12(16)9-11/h2-6,9-10,14H,7-8H2,1H3,(H,19,20)/b6-5+. The molecule has 2 atom stereocenters. The Balaban J connectivity index is 2.10. The molecule has 0 saturated carbocycles. The largest absolute Gasteiger partial charge is 0.480 e. The van der Waals surface area contributed by atoms with E-state index in [2.05, 4.69) is 0 Å². The zero-order valence-electron chi connectivity index (χ0n) is 11.1. The third kappa shape index (κ3) is 3.04. The van der Waals surface area contributed by atoms with Crippen LogP contribution in [0.1, 0.15) is 18.9 Å². The number of nitrogens with zero attached hydrogens (tertiary/aromatic N) is 1. The minimum Gasteiger partial charge on any atom is -0.480 e. The van der Waals surface area contributed by atoms with Gasteiger partial charge in [-0.1, -0.05) is 19.1 Å². The van der Waals surface area contributed by atoms with Crippen molar-refractivity contribution in [2.45, 2.75) is 19.4 Å². The first kappa shape index (κ1) is 14.2. The van der Waals surface area contributed by atoms with Crippen molar-refractivity contribution in [3.8, 4) is 0 Å². The SMILES string of the molecule is CC1CCN(C(=O)/C=C/c2cccc(F)c2)C1C(=O)O. The normalized spacial score (nSPS) is 22.4. The van der Waals surface area contributed by atoms with Crippen molar-refractivity contribution in [1.29, 1.82) is 0 Å². The zero-order chi connectivity index (χ0) is 14.7. The molecule has 1 heterocycles. The summed E-state index contributed by atoms with van der Waals surface area (Å²) < 4.78 is 13.0. The molecule has 0 radical (unpaired) electrons. The Morgan fingerprint density at radius 2 is 2.20 bits per heavy atom. The molecule has 1 saturated heterocycles. The smallest absolute Gasteiger partial charge is 0.326 e. The second-order valence-corrected chi connectivity index (χ2v) is 4.97. The Morgan fingerprint density at radius 3 is 2.85 bits per heavy atom. The average Bonchev–Trinajstić information content (AvgIpc) is 2.78. The molecule has 1 aromatic rings. The average molecular weight is 277 g/mol. The summed E-state index contributed by atoms with van der Waals surface area (Å²) in [5.74, 6) is -1.77. The van der Waals surface area contributed by atoms with Crippen LogP contribution in [0.15, 0.2) is 30.3 Å². The van der Waals surface area contributed by atoms with E-state index in [0.717, 1.165) is 0 Å². The number of carbonyl (C=O) groups is 2. The summed E-state index contributed by atoms with van der Waals surface area (Å²) in [6, 6.07) is 5.08. The summed E-state index contributed by atoms with van der Waals surface area (Å²) in [7, 11) is 0. The Morgan fingerprint density at radius 1 is 1.45 bits per heavy atom. The molecule has 0 bridgehead atoms. The highest BCUT2D eigenvalue weighted by Crippen LogP contribution is 2.24. The van der Waals surface area contributed by atoms with E-state index in [0.29, 0.717) is 18.5 Å². The minimum atomic E-state index is -0.984. The maximum absolute atomic E-state index is 13.0. The van der Waals surface area contributed by atoms with Gasteiger partial charge in [0.15, 0.2) is 0 Å². The molecule has 1 fully saturated rings. The molecule has 106 valence electrons.